The third-order valence-corrected chi connectivity index (χ3v) is 16.6. The number of carbonyl (C=O) groups excluding carboxylic acids is 3. The fourth-order valence-corrected chi connectivity index (χ4v) is 11.2. The van der Waals surface area contributed by atoms with Gasteiger partial charge in [-0.2, -0.15) is 5.10 Å². The fourth-order valence-electron chi connectivity index (χ4n) is 11.2. The number of aliphatic hydroxyl groups is 2. The number of fused-ring (bicyclic) bond motifs is 15. The van der Waals surface area contributed by atoms with Gasteiger partial charge in [-0.05, 0) is 51.9 Å². The Hall–Kier alpha value is -7.57. The number of hydrazone groups is 1. The summed E-state index contributed by atoms with van der Waals surface area (Å²) in [5, 5.41) is 79.5. The van der Waals surface area contributed by atoms with Crippen molar-refractivity contribution in [1.82, 2.24) is 19.8 Å². The van der Waals surface area contributed by atoms with Gasteiger partial charge in [0.25, 0.3) is 11.7 Å². The number of ether oxygens (including phenoxy) is 4. The number of Topliss-reactive ketones (excluding diaryl/α,β-unsaturated/α-hetero) is 1. The maximum atomic E-state index is 14.6. The number of phenols is 3. The lowest BCUT2D eigenvalue weighted by Gasteiger charge is -2.38. The molecule has 1 saturated carbocycles. The van der Waals surface area contributed by atoms with Gasteiger partial charge >= 0.3 is 17.7 Å². The van der Waals surface area contributed by atoms with Crippen molar-refractivity contribution in [1.29, 1.82) is 0 Å². The minimum Gasteiger partial charge on any atom is -0.507 e. The Kier molecular flexibility index (Phi) is 18.6. The van der Waals surface area contributed by atoms with Crippen LogP contribution < -0.4 is 25.7 Å². The van der Waals surface area contributed by atoms with E-state index in [1.165, 1.54) is 71.7 Å². The molecule has 1 aromatic heterocycles. The SMILES string of the molecule is CO[C@H]1/C=C/O[C@@]2(C)Oc3c(C)c(O)c4c(O)c(c(/C=N\N5CCN(C)CC5)c(O)c4c3C2=O)NC(=O)/C(C)=C\C=C\[C@H](C)[C@H](O)[C@@H](C)[C@@H](O)[C@@H](C)[C@H](OC(C)=O)[C@@H]1C.O=C(O)c1cn(C2CC2)c2cc(N3CCNCC3)c(F)cc2c1=O. The predicted molar refractivity (Wildman–Crippen MR) is 309 cm³/mol. The van der Waals surface area contributed by atoms with E-state index in [1.807, 2.05) is 16.5 Å². The summed E-state index contributed by atoms with van der Waals surface area (Å²) in [6.45, 7) is 18.1. The lowest BCUT2D eigenvalue weighted by Crippen LogP contribution is -2.46. The van der Waals surface area contributed by atoms with Gasteiger partial charge < -0.3 is 74.6 Å². The van der Waals surface area contributed by atoms with Crippen LogP contribution in [0.4, 0.5) is 15.8 Å². The number of allylic oxidation sites excluding steroid dienone is 2. The Bertz CT molecular complexity index is 3360. The minimum absolute atomic E-state index is 0.0559. The molecular formula is C60H76FN7O15. The number of carboxylic acid groups (broad SMARTS) is 1. The van der Waals surface area contributed by atoms with Gasteiger partial charge in [-0.3, -0.25) is 24.2 Å². The molecular weight excluding hydrogens is 1080 g/mol. The summed E-state index contributed by atoms with van der Waals surface area (Å²) in [6, 6.07) is 3.08. The van der Waals surface area contributed by atoms with Crippen molar-refractivity contribution >= 4 is 62.9 Å². The number of aromatic nitrogens is 1. The van der Waals surface area contributed by atoms with Gasteiger partial charge in [0.05, 0.1) is 64.2 Å². The van der Waals surface area contributed by atoms with E-state index in [-0.39, 0.29) is 61.5 Å². The Morgan fingerprint density at radius 2 is 1.57 bits per heavy atom. The first-order valence-electron chi connectivity index (χ1n) is 27.9. The number of nitrogens with zero attached hydrogens (tertiary/aromatic N) is 5. The van der Waals surface area contributed by atoms with Gasteiger partial charge in [-0.1, -0.05) is 45.9 Å². The number of ketones is 1. The number of esters is 1. The van der Waals surface area contributed by atoms with E-state index in [4.69, 9.17) is 18.9 Å². The monoisotopic (exact) mass is 1150 g/mol. The van der Waals surface area contributed by atoms with Crippen LogP contribution in [0.15, 0.2) is 64.4 Å². The summed E-state index contributed by atoms with van der Waals surface area (Å²) < 4.78 is 40.0. The van der Waals surface area contributed by atoms with E-state index in [1.54, 1.807) is 50.9 Å². The topological polar surface area (TPSA) is 295 Å². The minimum atomic E-state index is -2.04. The highest BCUT2D eigenvalue weighted by Gasteiger charge is 2.50. The second-order valence-electron chi connectivity index (χ2n) is 22.5. The van der Waals surface area contributed by atoms with E-state index in [0.717, 1.165) is 39.0 Å². The Balaban J connectivity index is 0.000000308. The van der Waals surface area contributed by atoms with E-state index < -0.39 is 106 Å². The second-order valence-corrected chi connectivity index (χ2v) is 22.5. The highest BCUT2D eigenvalue weighted by Crippen LogP contribution is 2.55. The number of carboxylic acids is 1. The highest BCUT2D eigenvalue weighted by molar-refractivity contribution is 6.24. The van der Waals surface area contributed by atoms with E-state index >= 15 is 0 Å². The zero-order chi connectivity index (χ0) is 60.5. The Morgan fingerprint density at radius 3 is 2.19 bits per heavy atom. The van der Waals surface area contributed by atoms with Crippen molar-refractivity contribution < 1.29 is 73.2 Å². The zero-order valence-corrected chi connectivity index (χ0v) is 48.4. The van der Waals surface area contributed by atoms with E-state index in [0.29, 0.717) is 37.4 Å². The molecule has 10 rings (SSSR count). The largest absolute Gasteiger partial charge is 0.507 e. The van der Waals surface area contributed by atoms with Gasteiger partial charge in [0.2, 0.25) is 5.43 Å². The molecule has 0 unspecified atom stereocenters. The number of pyridine rings is 1. The van der Waals surface area contributed by atoms with Gasteiger partial charge in [0.15, 0.2) is 5.75 Å². The standard InChI is InChI=1S/C43H58N4O12.C17H18FN3O3/c1-21-12-11-13-22(2)42(55)45-33-28(20-44-47-17-15-46(9)16-18-47)37(52)30-31(38(33)53)36(51)26(6)40-32(30)41(54)43(8,59-40)57-19-14-29(56-10)23(3)39(58-27(7)48)25(5)35(50)24(4)34(21)49;18-13-7-11-14(8-15(13)20-5-3-19-4-6-20)21(10-1-2-10)9-12(16(11)22)17(23)24/h11-14,19-21,23-25,29,34-35,39,49-53H,15-18H2,1-10H3,(H,45,55);7-10,19H,1-6H2,(H,23,24)/b12-11+,19-14+,22-13-,44-20-;/t21-,23+,24+,25+,29-,34-,35+,39+,43-;/m0./s1. The van der Waals surface area contributed by atoms with E-state index in [9.17, 15) is 59.0 Å². The van der Waals surface area contributed by atoms with Gasteiger partial charge in [0.1, 0.15) is 34.7 Å². The molecule has 8 N–H and O–H groups in total. The summed E-state index contributed by atoms with van der Waals surface area (Å²) in [5.41, 5.74) is -0.191. The van der Waals surface area contributed by atoms with Gasteiger partial charge in [-0.15, -0.1) is 0 Å². The van der Waals surface area contributed by atoms with Gasteiger partial charge in [0, 0.05) is 131 Å². The highest BCUT2D eigenvalue weighted by atomic mass is 19.1. The zero-order valence-electron chi connectivity index (χ0n) is 48.4. The number of carbonyl (C=O) groups is 4. The van der Waals surface area contributed by atoms with Crippen LogP contribution in [0, 0.1) is 36.4 Å². The quantitative estimate of drug-likeness (QED) is 0.0461. The van der Waals surface area contributed by atoms with Crippen LogP contribution in [0.25, 0.3) is 21.7 Å². The number of hydrogen-bond donors (Lipinski definition) is 8. The molecule has 6 aliphatic rings. The number of aromatic carboxylic acids is 1. The third kappa shape index (κ3) is 12.5. The van der Waals surface area contributed by atoms with Crippen molar-refractivity contribution in [2.45, 2.75) is 104 Å². The smallest absolute Gasteiger partial charge is 0.341 e. The normalized spacial score (nSPS) is 28.0. The number of aromatic hydroxyl groups is 3. The number of halogens is 1. The molecule has 23 heteroatoms. The van der Waals surface area contributed by atoms with Crippen molar-refractivity contribution in [3.63, 3.8) is 0 Å². The number of benzene rings is 3. The van der Waals surface area contributed by atoms with Crippen LogP contribution in [0.3, 0.4) is 0 Å². The number of likely N-dealkylation sites (N-methyl/N-ethyl adjacent to an activating group) is 1. The first kappa shape index (κ1) is 61.5. The Morgan fingerprint density at radius 1 is 0.892 bits per heavy atom. The molecule has 5 bridgehead atoms. The molecule has 22 nitrogen and oxygen atoms in total. The summed E-state index contributed by atoms with van der Waals surface area (Å²) in [7, 11) is 3.42. The summed E-state index contributed by atoms with van der Waals surface area (Å²) in [6.07, 6.45) is 8.15. The van der Waals surface area contributed by atoms with Crippen molar-refractivity contribution in [3.05, 3.63) is 92.8 Å². The number of hydrogen-bond acceptors (Lipinski definition) is 19. The first-order valence-corrected chi connectivity index (χ1v) is 27.9. The average Bonchev–Trinajstić information content (AvgIpc) is 2.37. The molecule has 3 aromatic carbocycles. The molecule has 2 saturated heterocycles. The van der Waals surface area contributed by atoms with Crippen LogP contribution in [0.2, 0.25) is 0 Å². The summed E-state index contributed by atoms with van der Waals surface area (Å²) >= 11 is 0. The van der Waals surface area contributed by atoms with Crippen molar-refractivity contribution in [3.8, 4) is 23.0 Å². The number of piperazine rings is 2. The number of rotatable bonds is 7. The van der Waals surface area contributed by atoms with Crippen LogP contribution in [0.1, 0.15) is 99.2 Å². The number of aliphatic hydroxyl groups excluding tert-OH is 2. The van der Waals surface area contributed by atoms with Crippen molar-refractivity contribution in [2.24, 2.45) is 28.8 Å². The lowest BCUT2D eigenvalue weighted by molar-refractivity contribution is -0.160. The molecule has 0 radical (unpaired) electrons. The number of amides is 1. The first-order chi connectivity index (χ1) is 39.3. The molecule has 3 fully saturated rings. The average molecular weight is 1150 g/mol. The molecule has 6 heterocycles. The van der Waals surface area contributed by atoms with Crippen LogP contribution in [0.5, 0.6) is 23.0 Å². The molecule has 1 aliphatic carbocycles. The van der Waals surface area contributed by atoms with Crippen LogP contribution >= 0.6 is 0 Å². The summed E-state index contributed by atoms with van der Waals surface area (Å²) in [4.78, 5) is 68.3. The number of methoxy groups -OCH3 is 1. The maximum absolute atomic E-state index is 14.6. The molecule has 4 aromatic rings. The van der Waals surface area contributed by atoms with Crippen molar-refractivity contribution in [2.75, 3.05) is 76.7 Å². The lowest BCUT2D eigenvalue weighted by atomic mass is 9.78. The molecule has 0 spiro atoms. The van der Waals surface area contributed by atoms with Crippen LogP contribution in [-0.2, 0) is 23.8 Å². The Labute approximate surface area is 480 Å². The molecule has 83 heavy (non-hydrogen) atoms. The molecule has 448 valence electrons. The fraction of sp³-hybridized carbons (Fsp3) is 0.500. The molecule has 9 atom stereocenters. The number of phenolic OH excluding ortho intramolecular Hbond substituents is 3. The number of nitrogens with one attached hydrogen (secondary N) is 2. The second kappa shape index (κ2) is 25.1. The third-order valence-electron chi connectivity index (χ3n) is 16.6. The molecule has 1 amide bonds. The van der Waals surface area contributed by atoms with Crippen LogP contribution in [-0.4, -0.2) is 172 Å². The molecule has 5 aliphatic heterocycles. The maximum Gasteiger partial charge on any atom is 0.341 e. The van der Waals surface area contributed by atoms with Gasteiger partial charge in [-0.25, -0.2) is 9.18 Å². The number of anilines is 2. The summed E-state index contributed by atoms with van der Waals surface area (Å²) in [5.74, 6) is -10.1. The predicted octanol–water partition coefficient (Wildman–Crippen LogP) is 5.92. The van der Waals surface area contributed by atoms with E-state index in [2.05, 4.69) is 20.6 Å².